The van der Waals surface area contributed by atoms with Gasteiger partial charge >= 0.3 is 0 Å². The zero-order valence-electron chi connectivity index (χ0n) is 14.0. The van der Waals surface area contributed by atoms with E-state index in [-0.39, 0.29) is 18.3 Å². The Morgan fingerprint density at radius 1 is 1.12 bits per heavy atom. The highest BCUT2D eigenvalue weighted by atomic mass is 35.5. The molecule has 4 heteroatoms. The third kappa shape index (κ3) is 3.97. The summed E-state index contributed by atoms with van der Waals surface area (Å²) < 4.78 is 0. The second-order valence-corrected chi connectivity index (χ2v) is 6.44. The van der Waals surface area contributed by atoms with Gasteiger partial charge in [0.05, 0.1) is 0 Å². The number of benzene rings is 2. The molecule has 0 aromatic heterocycles. The molecule has 3 nitrogen and oxygen atoms in total. The Morgan fingerprint density at radius 3 is 2.38 bits per heavy atom. The average Bonchev–Trinajstić information content (AvgIpc) is 2.62. The maximum absolute atomic E-state index is 12.7. The predicted molar refractivity (Wildman–Crippen MR) is 100 cm³/mol. The van der Waals surface area contributed by atoms with Crippen LogP contribution in [0.4, 0.5) is 0 Å². The van der Waals surface area contributed by atoms with E-state index in [9.17, 15) is 4.79 Å². The lowest BCUT2D eigenvalue weighted by atomic mass is 9.81. The van der Waals surface area contributed by atoms with E-state index in [0.29, 0.717) is 18.4 Å². The summed E-state index contributed by atoms with van der Waals surface area (Å²) in [5.74, 6) is 1.14. The topological polar surface area (TPSA) is 46.3 Å². The summed E-state index contributed by atoms with van der Waals surface area (Å²) in [6.07, 6.45) is 1.03. The number of halogens is 1. The lowest BCUT2D eigenvalue weighted by molar-refractivity contribution is 0.0661. The second-order valence-electron chi connectivity index (χ2n) is 6.44. The molecular formula is C20H25ClN2O. The van der Waals surface area contributed by atoms with Gasteiger partial charge < -0.3 is 10.6 Å². The lowest BCUT2D eigenvalue weighted by Crippen LogP contribution is -2.42. The maximum Gasteiger partial charge on any atom is 0.253 e. The van der Waals surface area contributed by atoms with Crippen molar-refractivity contribution in [2.24, 2.45) is 11.7 Å². The van der Waals surface area contributed by atoms with Crippen molar-refractivity contribution in [3.63, 3.8) is 0 Å². The molecule has 0 spiro atoms. The minimum Gasteiger partial charge on any atom is -0.338 e. The summed E-state index contributed by atoms with van der Waals surface area (Å²) in [6, 6.07) is 18.3. The van der Waals surface area contributed by atoms with Crippen LogP contribution in [0.15, 0.2) is 54.6 Å². The fourth-order valence-electron chi connectivity index (χ4n) is 3.49. The van der Waals surface area contributed by atoms with E-state index in [4.69, 9.17) is 5.73 Å². The molecule has 2 N–H and O–H groups in total. The number of carbonyl (C=O) groups is 1. The molecule has 2 atom stereocenters. The van der Waals surface area contributed by atoms with Crippen LogP contribution in [0.2, 0.25) is 0 Å². The molecule has 1 aliphatic rings. The van der Waals surface area contributed by atoms with Gasteiger partial charge in [0.15, 0.2) is 0 Å². The van der Waals surface area contributed by atoms with Crippen LogP contribution in [0.25, 0.3) is 0 Å². The highest BCUT2D eigenvalue weighted by Crippen LogP contribution is 2.33. The first-order valence-corrected chi connectivity index (χ1v) is 8.32. The van der Waals surface area contributed by atoms with Gasteiger partial charge in [-0.15, -0.1) is 12.4 Å². The third-order valence-electron chi connectivity index (χ3n) is 4.86. The molecule has 0 bridgehead atoms. The molecule has 0 aliphatic carbocycles. The third-order valence-corrected chi connectivity index (χ3v) is 4.86. The summed E-state index contributed by atoms with van der Waals surface area (Å²) in [5, 5.41) is 0. The van der Waals surface area contributed by atoms with Gasteiger partial charge in [-0.25, -0.2) is 0 Å². The summed E-state index contributed by atoms with van der Waals surface area (Å²) >= 11 is 0. The zero-order chi connectivity index (χ0) is 16.2. The van der Waals surface area contributed by atoms with Crippen LogP contribution in [0.3, 0.4) is 0 Å². The number of hydrogen-bond acceptors (Lipinski definition) is 2. The molecule has 24 heavy (non-hydrogen) atoms. The van der Waals surface area contributed by atoms with E-state index in [2.05, 4.69) is 37.3 Å². The van der Waals surface area contributed by atoms with Crippen LogP contribution in [-0.4, -0.2) is 23.9 Å². The van der Waals surface area contributed by atoms with E-state index < -0.39 is 0 Å². The zero-order valence-corrected chi connectivity index (χ0v) is 14.8. The van der Waals surface area contributed by atoms with Crippen molar-refractivity contribution >= 4 is 18.3 Å². The van der Waals surface area contributed by atoms with Crippen LogP contribution in [0.5, 0.6) is 0 Å². The van der Waals surface area contributed by atoms with E-state index in [1.807, 2.05) is 29.2 Å². The molecule has 0 radical (unpaired) electrons. The number of piperidine rings is 1. The van der Waals surface area contributed by atoms with Crippen LogP contribution in [0, 0.1) is 5.92 Å². The Kier molecular flexibility index (Phi) is 6.41. The van der Waals surface area contributed by atoms with Gasteiger partial charge in [0, 0.05) is 25.2 Å². The molecule has 1 saturated heterocycles. The van der Waals surface area contributed by atoms with Crippen molar-refractivity contribution in [1.82, 2.24) is 4.90 Å². The fourth-order valence-corrected chi connectivity index (χ4v) is 3.49. The lowest BCUT2D eigenvalue weighted by Gasteiger charge is -2.37. The molecule has 1 heterocycles. The molecule has 2 aromatic rings. The quantitative estimate of drug-likeness (QED) is 0.919. The van der Waals surface area contributed by atoms with E-state index in [0.717, 1.165) is 30.6 Å². The Labute approximate surface area is 150 Å². The van der Waals surface area contributed by atoms with Crippen LogP contribution < -0.4 is 5.73 Å². The van der Waals surface area contributed by atoms with Crippen LogP contribution >= 0.6 is 12.4 Å². The summed E-state index contributed by atoms with van der Waals surface area (Å²) in [7, 11) is 0. The predicted octanol–water partition coefficient (Wildman–Crippen LogP) is 3.83. The molecule has 1 aliphatic heterocycles. The van der Waals surface area contributed by atoms with E-state index >= 15 is 0 Å². The van der Waals surface area contributed by atoms with Gasteiger partial charge in [-0.05, 0) is 41.5 Å². The number of nitrogens with two attached hydrogens (primary N) is 1. The molecule has 3 rings (SSSR count). The first-order valence-electron chi connectivity index (χ1n) is 8.32. The smallest absolute Gasteiger partial charge is 0.253 e. The standard InChI is InChI=1S/C20H24N2O.ClH/c1-15-14-22(12-11-19(15)17-5-3-2-4-6-17)20(23)18-9-7-16(13-21)8-10-18;/h2-10,15,19H,11-14,21H2,1H3;1H. The van der Waals surface area contributed by atoms with Crippen molar-refractivity contribution in [3.8, 4) is 0 Å². The average molecular weight is 345 g/mol. The summed E-state index contributed by atoms with van der Waals surface area (Å²) in [6.45, 7) is 4.39. The molecule has 1 amide bonds. The largest absolute Gasteiger partial charge is 0.338 e. The SMILES string of the molecule is CC1CN(C(=O)c2ccc(CN)cc2)CCC1c1ccccc1.Cl. The monoisotopic (exact) mass is 344 g/mol. The number of nitrogens with zero attached hydrogens (tertiary/aromatic N) is 1. The highest BCUT2D eigenvalue weighted by molar-refractivity contribution is 5.94. The van der Waals surface area contributed by atoms with Crippen molar-refractivity contribution in [3.05, 3.63) is 71.3 Å². The van der Waals surface area contributed by atoms with Gasteiger partial charge in [-0.3, -0.25) is 4.79 Å². The van der Waals surface area contributed by atoms with Crippen molar-refractivity contribution < 1.29 is 4.79 Å². The molecular weight excluding hydrogens is 320 g/mol. The van der Waals surface area contributed by atoms with Crippen LogP contribution in [-0.2, 0) is 6.54 Å². The minimum atomic E-state index is 0. The molecule has 2 unspecified atom stereocenters. The van der Waals surface area contributed by atoms with Gasteiger partial charge in [-0.2, -0.15) is 0 Å². The van der Waals surface area contributed by atoms with Crippen molar-refractivity contribution in [2.75, 3.05) is 13.1 Å². The number of hydrogen-bond donors (Lipinski definition) is 1. The number of rotatable bonds is 3. The number of amides is 1. The van der Waals surface area contributed by atoms with Gasteiger partial charge in [-0.1, -0.05) is 49.4 Å². The minimum absolute atomic E-state index is 0. The Balaban J connectivity index is 0.00000208. The van der Waals surface area contributed by atoms with Gasteiger partial charge in [0.2, 0.25) is 0 Å². The van der Waals surface area contributed by atoms with Crippen LogP contribution in [0.1, 0.15) is 40.7 Å². The first kappa shape index (κ1) is 18.5. The van der Waals surface area contributed by atoms with E-state index in [1.54, 1.807) is 0 Å². The first-order chi connectivity index (χ1) is 11.2. The molecule has 1 fully saturated rings. The molecule has 128 valence electrons. The maximum atomic E-state index is 12.7. The van der Waals surface area contributed by atoms with Crippen molar-refractivity contribution in [2.45, 2.75) is 25.8 Å². The van der Waals surface area contributed by atoms with Crippen molar-refractivity contribution in [1.29, 1.82) is 0 Å². The summed E-state index contributed by atoms with van der Waals surface area (Å²) in [5.41, 5.74) is 8.81. The Morgan fingerprint density at radius 2 is 1.79 bits per heavy atom. The fraction of sp³-hybridized carbons (Fsp3) is 0.350. The number of likely N-dealkylation sites (tertiary alicyclic amines) is 1. The van der Waals surface area contributed by atoms with Gasteiger partial charge in [0.1, 0.15) is 0 Å². The highest BCUT2D eigenvalue weighted by Gasteiger charge is 2.29. The van der Waals surface area contributed by atoms with E-state index in [1.165, 1.54) is 5.56 Å². The molecule has 2 aromatic carbocycles. The van der Waals surface area contributed by atoms with Gasteiger partial charge in [0.25, 0.3) is 5.91 Å². The normalized spacial score (nSPS) is 20.3. The Bertz CT molecular complexity index is 657. The Hall–Kier alpha value is -1.84. The summed E-state index contributed by atoms with van der Waals surface area (Å²) in [4.78, 5) is 14.7. The second kappa shape index (κ2) is 8.32. The molecule has 0 saturated carbocycles. The number of carbonyl (C=O) groups excluding carboxylic acids is 1.